The summed E-state index contributed by atoms with van der Waals surface area (Å²) in [6.07, 6.45) is 1.96. The first-order valence-corrected chi connectivity index (χ1v) is 6.64. The Morgan fingerprint density at radius 3 is 2.62 bits per heavy atom. The summed E-state index contributed by atoms with van der Waals surface area (Å²) in [4.78, 5) is 23.2. The van der Waals surface area contributed by atoms with Crippen LogP contribution in [-0.2, 0) is 11.3 Å². The van der Waals surface area contributed by atoms with E-state index in [1.807, 2.05) is 24.3 Å². The van der Waals surface area contributed by atoms with Crippen molar-refractivity contribution < 1.29 is 9.59 Å². The molecule has 1 fully saturated rings. The van der Waals surface area contributed by atoms with Crippen LogP contribution in [0.15, 0.2) is 24.3 Å². The molecule has 1 heterocycles. The molecular weight excluding hydrogens is 272 g/mol. The predicted molar refractivity (Wildman–Crippen MR) is 73.1 cm³/mol. The van der Waals surface area contributed by atoms with Crippen LogP contribution in [-0.4, -0.2) is 32.4 Å². The number of benzene rings is 1. The van der Waals surface area contributed by atoms with Crippen LogP contribution in [0.3, 0.4) is 0 Å². The lowest BCUT2D eigenvalue weighted by Gasteiger charge is -2.06. The molecule has 1 aliphatic rings. The molecule has 3 N–H and O–H groups in total. The van der Waals surface area contributed by atoms with Crippen molar-refractivity contribution in [3.63, 3.8) is 0 Å². The van der Waals surface area contributed by atoms with Crippen LogP contribution >= 0.6 is 0 Å². The highest BCUT2D eigenvalue weighted by Gasteiger charge is 2.29. The van der Waals surface area contributed by atoms with E-state index in [2.05, 4.69) is 31.3 Å². The number of amides is 2. The third-order valence-corrected chi connectivity index (χ3v) is 3.17. The molecule has 1 saturated carbocycles. The number of tetrazole rings is 1. The Morgan fingerprint density at radius 2 is 2.00 bits per heavy atom. The van der Waals surface area contributed by atoms with E-state index >= 15 is 0 Å². The van der Waals surface area contributed by atoms with Gasteiger partial charge in [0.05, 0.1) is 0 Å². The second kappa shape index (κ2) is 5.70. The van der Waals surface area contributed by atoms with E-state index in [1.165, 1.54) is 0 Å². The van der Waals surface area contributed by atoms with E-state index in [-0.39, 0.29) is 17.6 Å². The van der Waals surface area contributed by atoms with Crippen molar-refractivity contribution in [3.05, 3.63) is 35.7 Å². The molecule has 1 aromatic carbocycles. The molecule has 0 spiro atoms. The first-order valence-electron chi connectivity index (χ1n) is 6.64. The standard InChI is InChI=1S/C13H14N6O2/c20-12(9-3-4-9)15-10-5-1-8(2-6-10)7-14-13(21)11-16-18-19-17-11/h1-2,5-6,9H,3-4,7H2,(H,14,21)(H,15,20)(H,16,17,18,19). The van der Waals surface area contributed by atoms with Crippen LogP contribution in [0, 0.1) is 5.92 Å². The number of carbonyl (C=O) groups is 2. The van der Waals surface area contributed by atoms with Crippen molar-refractivity contribution in [3.8, 4) is 0 Å². The molecule has 1 aromatic heterocycles. The Bertz CT molecular complexity index is 633. The molecule has 0 aliphatic heterocycles. The van der Waals surface area contributed by atoms with Crippen LogP contribution in [0.4, 0.5) is 5.69 Å². The molecule has 0 atom stereocenters. The maximum Gasteiger partial charge on any atom is 0.293 e. The van der Waals surface area contributed by atoms with E-state index in [1.54, 1.807) is 0 Å². The monoisotopic (exact) mass is 286 g/mol. The Hall–Kier alpha value is -2.77. The van der Waals surface area contributed by atoms with Gasteiger partial charge in [-0.05, 0) is 35.8 Å². The van der Waals surface area contributed by atoms with Gasteiger partial charge in [-0.3, -0.25) is 9.59 Å². The van der Waals surface area contributed by atoms with Gasteiger partial charge in [-0.15, -0.1) is 10.2 Å². The molecule has 108 valence electrons. The van der Waals surface area contributed by atoms with Crippen molar-refractivity contribution in [1.82, 2.24) is 25.9 Å². The fourth-order valence-electron chi connectivity index (χ4n) is 1.82. The van der Waals surface area contributed by atoms with Gasteiger partial charge in [-0.1, -0.05) is 12.1 Å². The first-order chi connectivity index (χ1) is 10.2. The highest BCUT2D eigenvalue weighted by atomic mass is 16.2. The summed E-state index contributed by atoms with van der Waals surface area (Å²) < 4.78 is 0. The van der Waals surface area contributed by atoms with E-state index in [0.717, 1.165) is 24.1 Å². The minimum absolute atomic E-state index is 0.00307. The number of H-pyrrole nitrogens is 1. The fourth-order valence-corrected chi connectivity index (χ4v) is 1.82. The maximum atomic E-state index is 11.6. The van der Waals surface area contributed by atoms with Crippen LogP contribution in [0.25, 0.3) is 0 Å². The van der Waals surface area contributed by atoms with Crippen molar-refractivity contribution >= 4 is 17.5 Å². The molecule has 21 heavy (non-hydrogen) atoms. The van der Waals surface area contributed by atoms with Gasteiger partial charge in [0.15, 0.2) is 0 Å². The lowest BCUT2D eigenvalue weighted by atomic mass is 10.2. The van der Waals surface area contributed by atoms with E-state index < -0.39 is 5.91 Å². The molecule has 2 amide bonds. The number of anilines is 1. The molecule has 0 bridgehead atoms. The Morgan fingerprint density at radius 1 is 1.24 bits per heavy atom. The van der Waals surface area contributed by atoms with Crippen molar-refractivity contribution in [2.75, 3.05) is 5.32 Å². The zero-order valence-corrected chi connectivity index (χ0v) is 11.2. The minimum atomic E-state index is -0.394. The van der Waals surface area contributed by atoms with Gasteiger partial charge in [-0.2, -0.15) is 5.21 Å². The summed E-state index contributed by atoms with van der Waals surface area (Å²) in [6, 6.07) is 7.32. The normalized spacial score (nSPS) is 13.7. The molecule has 0 saturated heterocycles. The van der Waals surface area contributed by atoms with E-state index in [9.17, 15) is 9.59 Å². The summed E-state index contributed by atoms with van der Waals surface area (Å²) in [5.41, 5.74) is 1.68. The molecule has 0 radical (unpaired) electrons. The quantitative estimate of drug-likeness (QED) is 0.740. The second-order valence-corrected chi connectivity index (χ2v) is 4.88. The summed E-state index contributed by atoms with van der Waals surface area (Å²) in [7, 11) is 0. The fraction of sp³-hybridized carbons (Fsp3) is 0.308. The molecule has 0 unspecified atom stereocenters. The number of aromatic amines is 1. The van der Waals surface area contributed by atoms with Crippen molar-refractivity contribution in [1.29, 1.82) is 0 Å². The third kappa shape index (κ3) is 3.41. The molecule has 1 aliphatic carbocycles. The van der Waals surface area contributed by atoms with Gasteiger partial charge in [0, 0.05) is 18.2 Å². The highest BCUT2D eigenvalue weighted by Crippen LogP contribution is 2.30. The Kier molecular flexibility index (Phi) is 3.59. The predicted octanol–water partition coefficient (Wildman–Crippen LogP) is 0.478. The molecule has 8 heteroatoms. The zero-order chi connectivity index (χ0) is 14.7. The Balaban J connectivity index is 1.52. The lowest BCUT2D eigenvalue weighted by molar-refractivity contribution is -0.117. The molecular formula is C13H14N6O2. The largest absolute Gasteiger partial charge is 0.345 e. The number of nitrogens with one attached hydrogen (secondary N) is 3. The third-order valence-electron chi connectivity index (χ3n) is 3.17. The van der Waals surface area contributed by atoms with E-state index in [4.69, 9.17) is 0 Å². The van der Waals surface area contributed by atoms with Crippen LogP contribution in [0.5, 0.6) is 0 Å². The second-order valence-electron chi connectivity index (χ2n) is 4.88. The van der Waals surface area contributed by atoms with Crippen LogP contribution < -0.4 is 10.6 Å². The number of rotatable bonds is 5. The zero-order valence-electron chi connectivity index (χ0n) is 11.2. The summed E-state index contributed by atoms with van der Waals surface area (Å²) >= 11 is 0. The van der Waals surface area contributed by atoms with Crippen LogP contribution in [0.1, 0.15) is 29.0 Å². The number of carbonyl (C=O) groups excluding carboxylic acids is 2. The highest BCUT2D eigenvalue weighted by molar-refractivity contribution is 5.94. The smallest absolute Gasteiger partial charge is 0.293 e. The van der Waals surface area contributed by atoms with Crippen molar-refractivity contribution in [2.45, 2.75) is 19.4 Å². The summed E-state index contributed by atoms with van der Waals surface area (Å²) in [5, 5.41) is 18.3. The van der Waals surface area contributed by atoms with Gasteiger partial charge >= 0.3 is 0 Å². The number of nitrogens with zero attached hydrogens (tertiary/aromatic N) is 3. The number of hydrogen-bond donors (Lipinski definition) is 3. The number of aromatic nitrogens is 4. The first kappa shape index (κ1) is 13.2. The maximum absolute atomic E-state index is 11.6. The molecule has 8 nitrogen and oxygen atoms in total. The topological polar surface area (TPSA) is 113 Å². The summed E-state index contributed by atoms with van der Waals surface area (Å²) in [6.45, 7) is 0.351. The number of hydrogen-bond acceptors (Lipinski definition) is 5. The van der Waals surface area contributed by atoms with Gasteiger partial charge < -0.3 is 10.6 Å². The van der Waals surface area contributed by atoms with Gasteiger partial charge in [-0.25, -0.2) is 0 Å². The van der Waals surface area contributed by atoms with Crippen LogP contribution in [0.2, 0.25) is 0 Å². The van der Waals surface area contributed by atoms with Gasteiger partial charge in [0.1, 0.15) is 0 Å². The average molecular weight is 286 g/mol. The van der Waals surface area contributed by atoms with E-state index in [0.29, 0.717) is 6.54 Å². The molecule has 2 aromatic rings. The van der Waals surface area contributed by atoms with Gasteiger partial charge in [0.2, 0.25) is 5.91 Å². The lowest BCUT2D eigenvalue weighted by Crippen LogP contribution is -2.24. The molecule has 3 rings (SSSR count). The van der Waals surface area contributed by atoms with Crippen molar-refractivity contribution in [2.24, 2.45) is 5.92 Å². The van der Waals surface area contributed by atoms with Gasteiger partial charge in [0.25, 0.3) is 11.7 Å². The minimum Gasteiger partial charge on any atom is -0.345 e. The average Bonchev–Trinajstić information content (AvgIpc) is 3.21. The summed E-state index contributed by atoms with van der Waals surface area (Å²) in [5.74, 6) is -0.134. The SMILES string of the molecule is O=C(NCc1ccc(NC(=O)C2CC2)cc1)c1nn[nH]n1. The Labute approximate surface area is 120 Å².